The first-order valence-electron chi connectivity index (χ1n) is 10.4. The number of carbonyl (C=O) groups is 3. The minimum Gasteiger partial charge on any atom is -0.341 e. The fourth-order valence-electron chi connectivity index (χ4n) is 3.59. The molecular weight excluding hydrogens is 425 g/mol. The summed E-state index contributed by atoms with van der Waals surface area (Å²) in [5.74, 6) is -0.638. The molecule has 1 aliphatic rings. The van der Waals surface area contributed by atoms with Gasteiger partial charge >= 0.3 is 0 Å². The van der Waals surface area contributed by atoms with Gasteiger partial charge in [0.1, 0.15) is 0 Å². The number of nitrogens with zero attached hydrogens (tertiary/aromatic N) is 2. The number of piperidine rings is 1. The Labute approximate surface area is 188 Å². The Balaban J connectivity index is 2.04. The van der Waals surface area contributed by atoms with E-state index in [1.165, 1.54) is 0 Å². The quantitative estimate of drug-likeness (QED) is 0.688. The Bertz CT molecular complexity index is 792. The summed E-state index contributed by atoms with van der Waals surface area (Å²) >= 11 is 12.0. The first kappa shape index (κ1) is 24.5. The molecule has 8 heteroatoms. The highest BCUT2D eigenvalue weighted by Crippen LogP contribution is 2.26. The molecule has 0 spiro atoms. The number of amides is 3. The molecule has 1 heterocycles. The lowest BCUT2D eigenvalue weighted by Crippen LogP contribution is -2.50. The number of likely N-dealkylation sites (tertiary alicyclic amines) is 1. The van der Waals surface area contributed by atoms with Gasteiger partial charge in [0, 0.05) is 30.1 Å². The maximum Gasteiger partial charge on any atom is 0.244 e. The monoisotopic (exact) mass is 455 g/mol. The molecule has 30 heavy (non-hydrogen) atoms. The normalized spacial score (nSPS) is 16.9. The number of hydrogen-bond acceptors (Lipinski definition) is 3. The van der Waals surface area contributed by atoms with Crippen molar-refractivity contribution in [1.82, 2.24) is 9.80 Å². The van der Waals surface area contributed by atoms with Crippen molar-refractivity contribution in [2.45, 2.75) is 47.0 Å². The Morgan fingerprint density at radius 1 is 1.23 bits per heavy atom. The van der Waals surface area contributed by atoms with Crippen molar-refractivity contribution in [2.75, 3.05) is 31.5 Å². The summed E-state index contributed by atoms with van der Waals surface area (Å²) < 4.78 is 0. The van der Waals surface area contributed by atoms with Crippen LogP contribution in [0, 0.1) is 11.3 Å². The second-order valence-corrected chi connectivity index (χ2v) is 9.62. The lowest BCUT2D eigenvalue weighted by Gasteiger charge is -2.37. The smallest absolute Gasteiger partial charge is 0.244 e. The van der Waals surface area contributed by atoms with Gasteiger partial charge in [-0.25, -0.2) is 0 Å². The lowest BCUT2D eigenvalue weighted by atomic mass is 9.90. The Morgan fingerprint density at radius 2 is 1.93 bits per heavy atom. The van der Waals surface area contributed by atoms with Gasteiger partial charge in [0.05, 0.1) is 23.2 Å². The van der Waals surface area contributed by atoms with Crippen LogP contribution in [0.2, 0.25) is 10.0 Å². The van der Waals surface area contributed by atoms with E-state index in [9.17, 15) is 14.4 Å². The standard InChI is InChI=1S/C22H31Cl2N3O3/c1-5-10-26(14-19(28)25-18-9-8-16(23)12-17(18)24)20(29)15-7-6-11-27(13-15)21(30)22(2,3)4/h8-9,12,15H,5-7,10-11,13-14H2,1-4H3,(H,25,28). The third kappa shape index (κ3) is 6.61. The zero-order valence-electron chi connectivity index (χ0n) is 18.1. The summed E-state index contributed by atoms with van der Waals surface area (Å²) in [6.45, 7) is 9.11. The van der Waals surface area contributed by atoms with Crippen molar-refractivity contribution < 1.29 is 14.4 Å². The number of halogens is 2. The number of benzene rings is 1. The van der Waals surface area contributed by atoms with Gasteiger partial charge in [-0.05, 0) is 37.5 Å². The Morgan fingerprint density at radius 3 is 2.53 bits per heavy atom. The van der Waals surface area contributed by atoms with Crippen LogP contribution in [-0.2, 0) is 14.4 Å². The second kappa shape index (κ2) is 10.5. The summed E-state index contributed by atoms with van der Waals surface area (Å²) in [5, 5.41) is 3.56. The van der Waals surface area contributed by atoms with Gasteiger partial charge in [-0.2, -0.15) is 0 Å². The molecule has 1 fully saturated rings. The van der Waals surface area contributed by atoms with Crippen molar-refractivity contribution >= 4 is 46.6 Å². The molecule has 1 unspecified atom stereocenters. The van der Waals surface area contributed by atoms with Crippen molar-refractivity contribution in [3.05, 3.63) is 28.2 Å². The van der Waals surface area contributed by atoms with Gasteiger partial charge in [-0.1, -0.05) is 50.9 Å². The summed E-state index contributed by atoms with van der Waals surface area (Å²) in [6, 6.07) is 4.82. The molecule has 0 bridgehead atoms. The molecule has 0 saturated carbocycles. The lowest BCUT2D eigenvalue weighted by molar-refractivity contribution is -0.146. The number of rotatable bonds is 6. The van der Waals surface area contributed by atoms with Crippen LogP contribution < -0.4 is 5.32 Å². The van der Waals surface area contributed by atoms with E-state index in [1.54, 1.807) is 28.0 Å². The van der Waals surface area contributed by atoms with E-state index < -0.39 is 5.41 Å². The molecule has 0 aliphatic carbocycles. The molecule has 0 radical (unpaired) electrons. The van der Waals surface area contributed by atoms with Crippen LogP contribution in [-0.4, -0.2) is 53.7 Å². The minimum atomic E-state index is -0.480. The molecule has 1 aromatic rings. The largest absolute Gasteiger partial charge is 0.341 e. The van der Waals surface area contributed by atoms with Crippen LogP contribution in [0.3, 0.4) is 0 Å². The van der Waals surface area contributed by atoms with Gasteiger partial charge < -0.3 is 15.1 Å². The summed E-state index contributed by atoms with van der Waals surface area (Å²) in [6.07, 6.45) is 2.24. The highest BCUT2D eigenvalue weighted by molar-refractivity contribution is 6.36. The maximum atomic E-state index is 13.2. The van der Waals surface area contributed by atoms with E-state index >= 15 is 0 Å². The second-order valence-electron chi connectivity index (χ2n) is 8.77. The van der Waals surface area contributed by atoms with E-state index in [4.69, 9.17) is 23.2 Å². The molecule has 1 N–H and O–H groups in total. The number of carbonyl (C=O) groups excluding carboxylic acids is 3. The van der Waals surface area contributed by atoms with E-state index in [1.807, 2.05) is 27.7 Å². The molecule has 1 saturated heterocycles. The first-order valence-corrected chi connectivity index (χ1v) is 11.1. The van der Waals surface area contributed by atoms with Crippen molar-refractivity contribution in [3.8, 4) is 0 Å². The first-order chi connectivity index (χ1) is 14.0. The SMILES string of the molecule is CCCN(CC(=O)Nc1ccc(Cl)cc1Cl)C(=O)C1CCCN(C(=O)C(C)(C)C)C1. The fraction of sp³-hybridized carbons (Fsp3) is 0.591. The van der Waals surface area contributed by atoms with Gasteiger partial charge in [0.2, 0.25) is 17.7 Å². The number of anilines is 1. The van der Waals surface area contributed by atoms with Crippen LogP contribution in [0.1, 0.15) is 47.0 Å². The molecule has 3 amide bonds. The van der Waals surface area contributed by atoms with E-state index in [0.29, 0.717) is 35.4 Å². The molecule has 1 aliphatic heterocycles. The molecule has 1 atom stereocenters. The van der Waals surface area contributed by atoms with E-state index in [-0.39, 0.29) is 30.2 Å². The topological polar surface area (TPSA) is 69.7 Å². The third-order valence-corrected chi connectivity index (χ3v) is 5.59. The molecular formula is C22H31Cl2N3O3. The number of nitrogens with one attached hydrogen (secondary N) is 1. The van der Waals surface area contributed by atoms with Crippen LogP contribution >= 0.6 is 23.2 Å². The van der Waals surface area contributed by atoms with Crippen molar-refractivity contribution in [3.63, 3.8) is 0 Å². The van der Waals surface area contributed by atoms with Crippen LogP contribution in [0.15, 0.2) is 18.2 Å². The van der Waals surface area contributed by atoms with Crippen LogP contribution in [0.4, 0.5) is 5.69 Å². The highest BCUT2D eigenvalue weighted by Gasteiger charge is 2.35. The van der Waals surface area contributed by atoms with E-state index in [2.05, 4.69) is 5.32 Å². The molecule has 1 aromatic carbocycles. The van der Waals surface area contributed by atoms with Gasteiger partial charge in [0.15, 0.2) is 0 Å². The van der Waals surface area contributed by atoms with Gasteiger partial charge in [-0.3, -0.25) is 14.4 Å². The average molecular weight is 456 g/mol. The predicted octanol–water partition coefficient (Wildman–Crippen LogP) is 4.46. The minimum absolute atomic E-state index is 0.0529. The zero-order valence-corrected chi connectivity index (χ0v) is 19.6. The Hall–Kier alpha value is -1.79. The third-order valence-electron chi connectivity index (χ3n) is 5.04. The van der Waals surface area contributed by atoms with E-state index in [0.717, 1.165) is 19.3 Å². The van der Waals surface area contributed by atoms with Crippen LogP contribution in [0.25, 0.3) is 0 Å². The zero-order chi connectivity index (χ0) is 22.5. The predicted molar refractivity (Wildman–Crippen MR) is 121 cm³/mol. The molecule has 2 rings (SSSR count). The highest BCUT2D eigenvalue weighted by atomic mass is 35.5. The van der Waals surface area contributed by atoms with Crippen molar-refractivity contribution in [2.24, 2.45) is 11.3 Å². The molecule has 0 aromatic heterocycles. The van der Waals surface area contributed by atoms with Gasteiger partial charge in [-0.15, -0.1) is 0 Å². The maximum absolute atomic E-state index is 13.2. The molecule has 166 valence electrons. The van der Waals surface area contributed by atoms with Gasteiger partial charge in [0.25, 0.3) is 0 Å². The Kier molecular flexibility index (Phi) is 8.56. The fourth-order valence-corrected chi connectivity index (χ4v) is 4.04. The summed E-state index contributed by atoms with van der Waals surface area (Å²) in [7, 11) is 0. The molecule has 6 nitrogen and oxygen atoms in total. The average Bonchev–Trinajstić information content (AvgIpc) is 2.68. The summed E-state index contributed by atoms with van der Waals surface area (Å²) in [4.78, 5) is 41.7. The summed E-state index contributed by atoms with van der Waals surface area (Å²) in [5.41, 5.74) is -0.0271. The van der Waals surface area contributed by atoms with Crippen LogP contribution in [0.5, 0.6) is 0 Å². The van der Waals surface area contributed by atoms with Crippen molar-refractivity contribution in [1.29, 1.82) is 0 Å². The number of hydrogen-bond donors (Lipinski definition) is 1.